The molecule has 200 valence electrons. The Labute approximate surface area is 211 Å². The van der Waals surface area contributed by atoms with Crippen molar-refractivity contribution in [2.45, 2.75) is 76.5 Å². The Morgan fingerprint density at radius 2 is 1.77 bits per heavy atom. The fourth-order valence-corrected chi connectivity index (χ4v) is 4.36. The number of aliphatic carboxylic acids is 1. The van der Waals surface area contributed by atoms with Gasteiger partial charge in [0.1, 0.15) is 18.1 Å². The number of guanidine groups is 1. The number of carbonyl (C=O) groups is 4. The molecule has 13 heteroatoms. The molecule has 9 N–H and O–H groups in total. The van der Waals surface area contributed by atoms with Gasteiger partial charge in [-0.2, -0.15) is 11.8 Å². The van der Waals surface area contributed by atoms with Gasteiger partial charge in [0.25, 0.3) is 0 Å². The lowest BCUT2D eigenvalue weighted by Crippen LogP contribution is -2.57. The Bertz CT molecular complexity index is 760. The van der Waals surface area contributed by atoms with Gasteiger partial charge < -0.3 is 37.8 Å². The molecule has 4 unspecified atom stereocenters. The lowest BCUT2D eigenvalue weighted by atomic mass is 10.0. The predicted molar refractivity (Wildman–Crippen MR) is 137 cm³/mol. The van der Waals surface area contributed by atoms with Crippen molar-refractivity contribution in [3.05, 3.63) is 0 Å². The summed E-state index contributed by atoms with van der Waals surface area (Å²) in [5.41, 5.74) is 16.5. The third-order valence-electron chi connectivity index (χ3n) is 5.69. The molecular formula is C22H41N7O5S. The molecule has 1 saturated heterocycles. The summed E-state index contributed by atoms with van der Waals surface area (Å²) in [6.45, 7) is 4.51. The van der Waals surface area contributed by atoms with Crippen molar-refractivity contribution < 1.29 is 24.3 Å². The van der Waals surface area contributed by atoms with E-state index in [0.29, 0.717) is 57.4 Å². The van der Waals surface area contributed by atoms with Crippen LogP contribution in [0.1, 0.15) is 52.4 Å². The standard InChI is InChI=1S/C22H41N7O5S/c1-13(2)12-16(20(32)29-10-5-7-17(29)21(33)34)28-19(31)15(8-11-35-3)27-18(30)14(23)6-4-9-26-22(24)25/h13-17H,4-12,23H2,1-3H3,(H,27,30)(H,28,31)(H,33,34)(H4,24,25,26). The number of likely N-dealkylation sites (tertiary alicyclic amines) is 1. The second-order valence-corrected chi connectivity index (χ2v) is 10.1. The predicted octanol–water partition coefficient (Wildman–Crippen LogP) is -0.788. The van der Waals surface area contributed by atoms with Gasteiger partial charge in [0, 0.05) is 13.1 Å². The molecule has 0 aromatic rings. The maximum Gasteiger partial charge on any atom is 0.326 e. The van der Waals surface area contributed by atoms with Crippen LogP contribution in [0.25, 0.3) is 0 Å². The summed E-state index contributed by atoms with van der Waals surface area (Å²) < 4.78 is 0. The van der Waals surface area contributed by atoms with Crippen LogP contribution in [0.15, 0.2) is 4.99 Å². The molecule has 1 aliphatic rings. The van der Waals surface area contributed by atoms with Crippen LogP contribution in [0.5, 0.6) is 0 Å². The minimum atomic E-state index is -1.05. The minimum absolute atomic E-state index is 0.0362. The van der Waals surface area contributed by atoms with E-state index in [-0.39, 0.29) is 11.9 Å². The van der Waals surface area contributed by atoms with Crippen LogP contribution < -0.4 is 27.8 Å². The number of nitrogens with one attached hydrogen (secondary N) is 2. The van der Waals surface area contributed by atoms with E-state index in [4.69, 9.17) is 17.2 Å². The normalized spacial score (nSPS) is 18.0. The Morgan fingerprint density at radius 3 is 2.34 bits per heavy atom. The number of carboxylic acids is 1. The number of carboxylic acid groups (broad SMARTS) is 1. The van der Waals surface area contributed by atoms with E-state index in [2.05, 4.69) is 15.6 Å². The first kappa shape index (κ1) is 30.5. The van der Waals surface area contributed by atoms with Crippen LogP contribution in [-0.2, 0) is 19.2 Å². The monoisotopic (exact) mass is 515 g/mol. The molecule has 0 saturated carbocycles. The Kier molecular flexibility index (Phi) is 13.5. The molecule has 4 atom stereocenters. The van der Waals surface area contributed by atoms with Gasteiger partial charge in [-0.3, -0.25) is 19.4 Å². The van der Waals surface area contributed by atoms with Crippen LogP contribution >= 0.6 is 11.8 Å². The number of nitrogens with two attached hydrogens (primary N) is 3. The van der Waals surface area contributed by atoms with Gasteiger partial charge in [0.05, 0.1) is 6.04 Å². The molecule has 0 aromatic carbocycles. The highest BCUT2D eigenvalue weighted by molar-refractivity contribution is 7.98. The zero-order valence-electron chi connectivity index (χ0n) is 20.9. The number of rotatable bonds is 15. The molecule has 1 fully saturated rings. The number of hydrogen-bond acceptors (Lipinski definition) is 7. The molecule has 0 aromatic heterocycles. The van der Waals surface area contributed by atoms with E-state index in [1.807, 2.05) is 20.1 Å². The summed E-state index contributed by atoms with van der Waals surface area (Å²) >= 11 is 1.52. The van der Waals surface area contributed by atoms with Crippen molar-refractivity contribution in [3.63, 3.8) is 0 Å². The van der Waals surface area contributed by atoms with Crippen molar-refractivity contribution in [2.75, 3.05) is 25.1 Å². The number of amides is 3. The maximum absolute atomic E-state index is 13.2. The van der Waals surface area contributed by atoms with E-state index >= 15 is 0 Å². The van der Waals surface area contributed by atoms with Gasteiger partial charge in [0.2, 0.25) is 17.7 Å². The highest BCUT2D eigenvalue weighted by atomic mass is 32.2. The van der Waals surface area contributed by atoms with Crippen molar-refractivity contribution in [1.82, 2.24) is 15.5 Å². The van der Waals surface area contributed by atoms with Gasteiger partial charge in [0.15, 0.2) is 5.96 Å². The molecule has 35 heavy (non-hydrogen) atoms. The second kappa shape index (κ2) is 15.5. The molecule has 1 aliphatic heterocycles. The summed E-state index contributed by atoms with van der Waals surface area (Å²) in [5, 5.41) is 14.9. The fraction of sp³-hybridized carbons (Fsp3) is 0.773. The van der Waals surface area contributed by atoms with Crippen molar-refractivity contribution in [2.24, 2.45) is 28.1 Å². The molecule has 1 rings (SSSR count). The Morgan fingerprint density at radius 1 is 1.11 bits per heavy atom. The van der Waals surface area contributed by atoms with Crippen molar-refractivity contribution in [1.29, 1.82) is 0 Å². The van der Waals surface area contributed by atoms with E-state index in [1.54, 1.807) is 0 Å². The van der Waals surface area contributed by atoms with Gasteiger partial charge in [-0.1, -0.05) is 13.8 Å². The van der Waals surface area contributed by atoms with Crippen LogP contribution in [0.2, 0.25) is 0 Å². The topological polar surface area (TPSA) is 206 Å². The average Bonchev–Trinajstić information content (AvgIpc) is 3.28. The number of nitrogens with zero attached hydrogens (tertiary/aromatic N) is 2. The van der Waals surface area contributed by atoms with Crippen molar-refractivity contribution >= 4 is 41.4 Å². The quantitative estimate of drug-likeness (QED) is 0.0916. The van der Waals surface area contributed by atoms with Crippen LogP contribution in [0.4, 0.5) is 0 Å². The van der Waals surface area contributed by atoms with Crippen LogP contribution in [0.3, 0.4) is 0 Å². The first-order chi connectivity index (χ1) is 16.5. The highest BCUT2D eigenvalue weighted by Crippen LogP contribution is 2.20. The Balaban J connectivity index is 2.88. The molecule has 0 bridgehead atoms. The lowest BCUT2D eigenvalue weighted by molar-refractivity contribution is -0.149. The highest BCUT2D eigenvalue weighted by Gasteiger charge is 2.38. The average molecular weight is 516 g/mol. The SMILES string of the molecule is CSCCC(NC(=O)C(N)CCCN=C(N)N)C(=O)NC(CC(C)C)C(=O)N1CCCC1C(=O)O. The van der Waals surface area contributed by atoms with Gasteiger partial charge in [-0.05, 0) is 56.5 Å². The van der Waals surface area contributed by atoms with Gasteiger partial charge in [-0.25, -0.2) is 4.79 Å². The first-order valence-electron chi connectivity index (χ1n) is 11.9. The minimum Gasteiger partial charge on any atom is -0.480 e. The number of thioether (sulfide) groups is 1. The molecular weight excluding hydrogens is 474 g/mol. The van der Waals surface area contributed by atoms with Gasteiger partial charge >= 0.3 is 5.97 Å². The first-order valence-corrected chi connectivity index (χ1v) is 13.3. The Hall–Kier alpha value is -2.54. The largest absolute Gasteiger partial charge is 0.480 e. The van der Waals surface area contributed by atoms with E-state index in [1.165, 1.54) is 16.7 Å². The second-order valence-electron chi connectivity index (χ2n) is 9.12. The molecule has 0 radical (unpaired) electrons. The maximum atomic E-state index is 13.2. The molecule has 0 spiro atoms. The van der Waals surface area contributed by atoms with Crippen LogP contribution in [0, 0.1) is 5.92 Å². The summed E-state index contributed by atoms with van der Waals surface area (Å²) in [6.07, 6.45) is 4.40. The fourth-order valence-electron chi connectivity index (χ4n) is 3.89. The molecule has 1 heterocycles. The van der Waals surface area contributed by atoms with E-state index < -0.39 is 47.9 Å². The molecule has 0 aliphatic carbocycles. The third-order valence-corrected chi connectivity index (χ3v) is 6.33. The summed E-state index contributed by atoms with van der Waals surface area (Å²) in [5.74, 6) is -1.79. The number of carbonyl (C=O) groups excluding carboxylic acids is 3. The van der Waals surface area contributed by atoms with E-state index in [0.717, 1.165) is 0 Å². The van der Waals surface area contributed by atoms with Crippen molar-refractivity contribution in [3.8, 4) is 0 Å². The van der Waals surface area contributed by atoms with Crippen LogP contribution in [-0.4, -0.2) is 88.9 Å². The lowest BCUT2D eigenvalue weighted by Gasteiger charge is -2.29. The summed E-state index contributed by atoms with van der Waals surface area (Å²) in [7, 11) is 0. The smallest absolute Gasteiger partial charge is 0.326 e. The summed E-state index contributed by atoms with van der Waals surface area (Å²) in [6, 6.07) is -3.50. The summed E-state index contributed by atoms with van der Waals surface area (Å²) in [4.78, 5) is 55.7. The molecule has 12 nitrogen and oxygen atoms in total. The number of aliphatic imine (C=N–C) groups is 1. The molecule has 3 amide bonds. The third kappa shape index (κ3) is 10.7. The zero-order valence-corrected chi connectivity index (χ0v) is 21.7. The zero-order chi connectivity index (χ0) is 26.5. The van der Waals surface area contributed by atoms with E-state index in [9.17, 15) is 24.3 Å². The number of hydrogen-bond donors (Lipinski definition) is 6. The van der Waals surface area contributed by atoms with Gasteiger partial charge in [-0.15, -0.1) is 0 Å².